The highest BCUT2D eigenvalue weighted by atomic mass is 16.5. The number of ether oxygens (including phenoxy) is 3. The largest absolute Gasteiger partial charge is 0.493 e. The average molecular weight is 311 g/mol. The zero-order valence-corrected chi connectivity index (χ0v) is 13.2. The van der Waals surface area contributed by atoms with Crippen LogP contribution in [0.5, 0.6) is 17.2 Å². The standard InChI is InChI=1S/C18H17NO4/c1-20-15-9-13(10-16(21-2)17(15)22-3)18-19-14(11-23-18)12-7-5-4-6-8-12/h4-11H,1-3H3. The number of hydrogen-bond donors (Lipinski definition) is 0. The first-order valence-electron chi connectivity index (χ1n) is 7.08. The summed E-state index contributed by atoms with van der Waals surface area (Å²) < 4.78 is 21.7. The Bertz CT molecular complexity index is 771. The molecule has 0 amide bonds. The van der Waals surface area contributed by atoms with Gasteiger partial charge >= 0.3 is 0 Å². The second-order valence-corrected chi connectivity index (χ2v) is 4.82. The maximum Gasteiger partial charge on any atom is 0.226 e. The van der Waals surface area contributed by atoms with Crippen molar-refractivity contribution in [2.75, 3.05) is 21.3 Å². The van der Waals surface area contributed by atoms with E-state index >= 15 is 0 Å². The van der Waals surface area contributed by atoms with E-state index in [0.29, 0.717) is 23.1 Å². The van der Waals surface area contributed by atoms with Crippen LogP contribution in [-0.4, -0.2) is 26.3 Å². The van der Waals surface area contributed by atoms with Gasteiger partial charge in [0.25, 0.3) is 0 Å². The Morgan fingerprint density at radius 1 is 0.826 bits per heavy atom. The second-order valence-electron chi connectivity index (χ2n) is 4.82. The molecule has 2 aromatic carbocycles. The molecule has 0 aliphatic heterocycles. The highest BCUT2D eigenvalue weighted by molar-refractivity contribution is 5.68. The van der Waals surface area contributed by atoms with Gasteiger partial charge in [0.05, 0.1) is 21.3 Å². The van der Waals surface area contributed by atoms with E-state index < -0.39 is 0 Å². The minimum absolute atomic E-state index is 0.489. The van der Waals surface area contributed by atoms with Gasteiger partial charge in [-0.1, -0.05) is 30.3 Å². The van der Waals surface area contributed by atoms with Gasteiger partial charge < -0.3 is 18.6 Å². The summed E-state index contributed by atoms with van der Waals surface area (Å²) in [6, 6.07) is 13.5. The van der Waals surface area contributed by atoms with Gasteiger partial charge in [-0.15, -0.1) is 0 Å². The molecule has 118 valence electrons. The summed E-state index contributed by atoms with van der Waals surface area (Å²) in [7, 11) is 4.72. The first-order chi connectivity index (χ1) is 11.3. The number of benzene rings is 2. The van der Waals surface area contributed by atoms with Crippen LogP contribution in [0.4, 0.5) is 0 Å². The maximum atomic E-state index is 5.61. The van der Waals surface area contributed by atoms with Crippen LogP contribution in [0.1, 0.15) is 0 Å². The Balaban J connectivity index is 2.04. The van der Waals surface area contributed by atoms with E-state index in [-0.39, 0.29) is 0 Å². The van der Waals surface area contributed by atoms with Crippen molar-refractivity contribution in [2.45, 2.75) is 0 Å². The molecule has 0 radical (unpaired) electrons. The molecule has 0 bridgehead atoms. The van der Waals surface area contributed by atoms with Crippen LogP contribution in [0, 0.1) is 0 Å². The van der Waals surface area contributed by atoms with Crippen molar-refractivity contribution >= 4 is 0 Å². The van der Waals surface area contributed by atoms with E-state index in [1.165, 1.54) is 0 Å². The van der Waals surface area contributed by atoms with Crippen LogP contribution in [0.25, 0.3) is 22.7 Å². The number of methoxy groups -OCH3 is 3. The fraction of sp³-hybridized carbons (Fsp3) is 0.167. The van der Waals surface area contributed by atoms with Crippen molar-refractivity contribution in [1.82, 2.24) is 4.98 Å². The van der Waals surface area contributed by atoms with E-state index in [2.05, 4.69) is 4.98 Å². The van der Waals surface area contributed by atoms with E-state index in [4.69, 9.17) is 18.6 Å². The van der Waals surface area contributed by atoms with E-state index in [1.54, 1.807) is 27.6 Å². The van der Waals surface area contributed by atoms with Gasteiger partial charge in [-0.25, -0.2) is 4.98 Å². The summed E-state index contributed by atoms with van der Waals surface area (Å²) in [5.74, 6) is 2.14. The highest BCUT2D eigenvalue weighted by Gasteiger charge is 2.17. The molecular weight excluding hydrogens is 294 g/mol. The summed E-state index contributed by atoms with van der Waals surface area (Å²) >= 11 is 0. The van der Waals surface area contributed by atoms with Crippen molar-refractivity contribution < 1.29 is 18.6 Å². The molecule has 3 rings (SSSR count). The summed E-state index contributed by atoms with van der Waals surface area (Å²) in [6.07, 6.45) is 1.63. The van der Waals surface area contributed by atoms with Crippen LogP contribution >= 0.6 is 0 Å². The second kappa shape index (κ2) is 6.44. The number of hydrogen-bond acceptors (Lipinski definition) is 5. The van der Waals surface area contributed by atoms with Gasteiger partial charge in [0, 0.05) is 11.1 Å². The lowest BCUT2D eigenvalue weighted by Gasteiger charge is -2.12. The van der Waals surface area contributed by atoms with E-state index in [1.807, 2.05) is 42.5 Å². The first kappa shape index (κ1) is 15.0. The van der Waals surface area contributed by atoms with Crippen LogP contribution in [-0.2, 0) is 0 Å². The summed E-state index contributed by atoms with van der Waals surface area (Å²) in [5, 5.41) is 0. The van der Waals surface area contributed by atoms with Crippen molar-refractivity contribution in [2.24, 2.45) is 0 Å². The maximum absolute atomic E-state index is 5.61. The zero-order valence-electron chi connectivity index (χ0n) is 13.2. The molecule has 3 aromatic rings. The topological polar surface area (TPSA) is 53.7 Å². The van der Waals surface area contributed by atoms with Crippen LogP contribution in [0.15, 0.2) is 53.1 Å². The summed E-state index contributed by atoms with van der Waals surface area (Å²) in [6.45, 7) is 0. The van der Waals surface area contributed by atoms with Crippen LogP contribution in [0.2, 0.25) is 0 Å². The van der Waals surface area contributed by atoms with Gasteiger partial charge in [-0.05, 0) is 12.1 Å². The van der Waals surface area contributed by atoms with E-state index in [0.717, 1.165) is 16.8 Å². The Morgan fingerprint density at radius 3 is 2.04 bits per heavy atom. The molecule has 0 saturated heterocycles. The average Bonchev–Trinajstić information content (AvgIpc) is 3.11. The van der Waals surface area contributed by atoms with Gasteiger partial charge in [0.1, 0.15) is 12.0 Å². The van der Waals surface area contributed by atoms with Crippen LogP contribution < -0.4 is 14.2 Å². The molecule has 0 aliphatic rings. The smallest absolute Gasteiger partial charge is 0.226 e. The number of rotatable bonds is 5. The van der Waals surface area contributed by atoms with Crippen LogP contribution in [0.3, 0.4) is 0 Å². The third-order valence-corrected chi connectivity index (χ3v) is 3.49. The molecule has 0 N–H and O–H groups in total. The molecule has 1 aromatic heterocycles. The zero-order chi connectivity index (χ0) is 16.2. The van der Waals surface area contributed by atoms with Crippen molar-refractivity contribution in [3.05, 3.63) is 48.7 Å². The number of nitrogens with zero attached hydrogens (tertiary/aromatic N) is 1. The lowest BCUT2D eigenvalue weighted by Crippen LogP contribution is -1.95. The van der Waals surface area contributed by atoms with Gasteiger partial charge in [0.2, 0.25) is 11.6 Å². The fourth-order valence-electron chi connectivity index (χ4n) is 2.35. The minimum Gasteiger partial charge on any atom is -0.493 e. The molecule has 0 atom stereocenters. The molecule has 23 heavy (non-hydrogen) atoms. The molecule has 1 heterocycles. The molecule has 5 nitrogen and oxygen atoms in total. The highest BCUT2D eigenvalue weighted by Crippen LogP contribution is 2.41. The Labute approximate surface area is 134 Å². The molecular formula is C18H17NO4. The Hall–Kier alpha value is -2.95. The van der Waals surface area contributed by atoms with Crippen molar-refractivity contribution in [3.63, 3.8) is 0 Å². The first-order valence-corrected chi connectivity index (χ1v) is 7.08. The van der Waals surface area contributed by atoms with E-state index in [9.17, 15) is 0 Å². The quantitative estimate of drug-likeness (QED) is 0.712. The summed E-state index contributed by atoms with van der Waals surface area (Å²) in [5.41, 5.74) is 2.52. The predicted molar refractivity (Wildman–Crippen MR) is 87.0 cm³/mol. The van der Waals surface area contributed by atoms with Crippen molar-refractivity contribution in [3.8, 4) is 40.0 Å². The molecule has 0 aliphatic carbocycles. The monoisotopic (exact) mass is 311 g/mol. The third kappa shape index (κ3) is 2.85. The Kier molecular flexibility index (Phi) is 4.19. The lowest BCUT2D eigenvalue weighted by atomic mass is 10.1. The van der Waals surface area contributed by atoms with Gasteiger partial charge in [-0.3, -0.25) is 0 Å². The molecule has 0 fully saturated rings. The Morgan fingerprint density at radius 2 is 1.48 bits per heavy atom. The third-order valence-electron chi connectivity index (χ3n) is 3.49. The fourth-order valence-corrected chi connectivity index (χ4v) is 2.35. The lowest BCUT2D eigenvalue weighted by molar-refractivity contribution is 0.324. The SMILES string of the molecule is COc1cc(-c2nc(-c3ccccc3)co2)cc(OC)c1OC. The number of oxazole rings is 1. The van der Waals surface area contributed by atoms with Gasteiger partial charge in [0.15, 0.2) is 11.5 Å². The summed E-state index contributed by atoms with van der Waals surface area (Å²) in [4.78, 5) is 4.54. The predicted octanol–water partition coefficient (Wildman–Crippen LogP) is 4.03. The normalized spacial score (nSPS) is 10.4. The number of aromatic nitrogens is 1. The van der Waals surface area contributed by atoms with Crippen molar-refractivity contribution in [1.29, 1.82) is 0 Å². The minimum atomic E-state index is 0.489. The van der Waals surface area contributed by atoms with Gasteiger partial charge in [-0.2, -0.15) is 0 Å². The molecule has 0 spiro atoms. The molecule has 0 unspecified atom stereocenters. The molecule has 0 saturated carbocycles. The molecule has 5 heteroatoms.